The molecule has 0 heterocycles. The van der Waals surface area contributed by atoms with Crippen molar-refractivity contribution in [2.45, 2.75) is 19.8 Å². The maximum Gasteiger partial charge on any atom is 0.150 e. The second-order valence-electron chi connectivity index (χ2n) is 5.54. The van der Waals surface area contributed by atoms with Crippen molar-refractivity contribution in [1.29, 1.82) is 0 Å². The van der Waals surface area contributed by atoms with E-state index < -0.39 is 0 Å². The standard InChI is InChI=1S/C19H16O2/c1-13-2-4-17-8-16(12-21)9-18-5-3-14(10-19(17)18)7-15(6-13)11-20/h2-7,9,11-12H,8,10H2,1H3/b4-2?,13-2-,13-6?,14-7-,15-6+,15-7?,17-4-. The number of allylic oxidation sites excluding steroid dienone is 14. The Hall–Kier alpha value is -2.48. The maximum absolute atomic E-state index is 11.2. The predicted octanol–water partition coefficient (Wildman–Crippen LogP) is 3.71. The summed E-state index contributed by atoms with van der Waals surface area (Å²) in [6.45, 7) is 1.97. The Labute approximate surface area is 124 Å². The minimum absolute atomic E-state index is 0.678. The van der Waals surface area contributed by atoms with Crippen LogP contribution >= 0.6 is 0 Å². The largest absolute Gasteiger partial charge is 0.298 e. The number of hydrogen-bond donors (Lipinski definition) is 0. The van der Waals surface area contributed by atoms with Crippen LogP contribution in [0.15, 0.2) is 81.5 Å². The Kier molecular flexibility index (Phi) is 3.53. The van der Waals surface area contributed by atoms with Gasteiger partial charge in [-0.25, -0.2) is 0 Å². The van der Waals surface area contributed by atoms with Gasteiger partial charge in [-0.05, 0) is 59.4 Å². The molecule has 0 radical (unpaired) electrons. The second-order valence-corrected chi connectivity index (χ2v) is 5.54. The quantitative estimate of drug-likeness (QED) is 0.720. The van der Waals surface area contributed by atoms with Gasteiger partial charge in [-0.2, -0.15) is 0 Å². The van der Waals surface area contributed by atoms with Crippen LogP contribution in [0, 0.1) is 0 Å². The van der Waals surface area contributed by atoms with E-state index in [0.29, 0.717) is 12.0 Å². The minimum atomic E-state index is 0.678. The van der Waals surface area contributed by atoms with Gasteiger partial charge in [0.2, 0.25) is 0 Å². The van der Waals surface area contributed by atoms with Gasteiger partial charge in [0.25, 0.3) is 0 Å². The van der Waals surface area contributed by atoms with Gasteiger partial charge in [0, 0.05) is 12.0 Å². The first kappa shape index (κ1) is 13.5. The highest BCUT2D eigenvalue weighted by Crippen LogP contribution is 2.37. The molecule has 104 valence electrons. The molecule has 0 aromatic heterocycles. The summed E-state index contributed by atoms with van der Waals surface area (Å²) in [5.41, 5.74) is 7.19. The number of carbonyl (C=O) groups excluding carboxylic acids is 2. The summed E-state index contributed by atoms with van der Waals surface area (Å²) >= 11 is 0. The van der Waals surface area contributed by atoms with Crippen LogP contribution in [0.4, 0.5) is 0 Å². The van der Waals surface area contributed by atoms with E-state index in [0.717, 1.165) is 41.3 Å². The zero-order valence-corrected chi connectivity index (χ0v) is 11.9. The lowest BCUT2D eigenvalue weighted by molar-refractivity contribution is -0.105. The van der Waals surface area contributed by atoms with E-state index in [1.165, 1.54) is 11.1 Å². The van der Waals surface area contributed by atoms with Gasteiger partial charge < -0.3 is 0 Å². The molecule has 3 aliphatic carbocycles. The monoisotopic (exact) mass is 276 g/mol. The van der Waals surface area contributed by atoms with Crippen LogP contribution in [0.3, 0.4) is 0 Å². The molecule has 0 unspecified atom stereocenters. The van der Waals surface area contributed by atoms with Crippen molar-refractivity contribution in [3.8, 4) is 0 Å². The van der Waals surface area contributed by atoms with E-state index >= 15 is 0 Å². The Balaban J connectivity index is 2.18. The summed E-state index contributed by atoms with van der Waals surface area (Å²) in [6.07, 6.45) is 17.2. The van der Waals surface area contributed by atoms with Crippen molar-refractivity contribution >= 4 is 12.6 Å². The summed E-state index contributed by atoms with van der Waals surface area (Å²) in [6, 6.07) is 0. The van der Waals surface area contributed by atoms with Crippen molar-refractivity contribution in [2.75, 3.05) is 0 Å². The molecular weight excluding hydrogens is 260 g/mol. The first-order chi connectivity index (χ1) is 10.2. The van der Waals surface area contributed by atoms with E-state index in [-0.39, 0.29) is 0 Å². The van der Waals surface area contributed by atoms with Gasteiger partial charge in [0.05, 0.1) is 0 Å². The van der Waals surface area contributed by atoms with Gasteiger partial charge >= 0.3 is 0 Å². The number of rotatable bonds is 2. The number of carbonyl (C=O) groups is 2. The van der Waals surface area contributed by atoms with Crippen LogP contribution in [0.2, 0.25) is 0 Å². The van der Waals surface area contributed by atoms with E-state index in [1.54, 1.807) is 0 Å². The summed E-state index contributed by atoms with van der Waals surface area (Å²) in [7, 11) is 0. The fourth-order valence-corrected chi connectivity index (χ4v) is 2.88. The van der Waals surface area contributed by atoms with Gasteiger partial charge in [-0.1, -0.05) is 29.9 Å². The van der Waals surface area contributed by atoms with Crippen molar-refractivity contribution in [3.63, 3.8) is 0 Å². The normalized spacial score (nSPS) is 30.6. The van der Waals surface area contributed by atoms with Crippen molar-refractivity contribution in [2.24, 2.45) is 0 Å². The molecule has 0 amide bonds. The number of hydrogen-bond acceptors (Lipinski definition) is 2. The summed E-state index contributed by atoms with van der Waals surface area (Å²) in [4.78, 5) is 22.3. The van der Waals surface area contributed by atoms with Crippen LogP contribution in [0.25, 0.3) is 0 Å². The predicted molar refractivity (Wildman–Crippen MR) is 83.6 cm³/mol. The van der Waals surface area contributed by atoms with Gasteiger partial charge in [0.15, 0.2) is 0 Å². The highest BCUT2D eigenvalue weighted by atomic mass is 16.1. The van der Waals surface area contributed by atoms with Gasteiger partial charge in [-0.15, -0.1) is 0 Å². The van der Waals surface area contributed by atoms with E-state index in [4.69, 9.17) is 0 Å². The SMILES string of the molecule is CC1=C/C=C2/CC(C=O)=CC3=C2C\C(=C/C(C=O)=C\1)C=C3. The molecular formula is C19H16O2. The molecule has 3 rings (SSSR count). The molecule has 0 aromatic carbocycles. The molecule has 0 fully saturated rings. The average Bonchev–Trinajstić information content (AvgIpc) is 2.51. The molecule has 2 heteroatoms. The smallest absolute Gasteiger partial charge is 0.150 e. The third-order valence-electron chi connectivity index (χ3n) is 3.91. The molecule has 2 nitrogen and oxygen atoms in total. The second kappa shape index (κ2) is 5.49. The van der Waals surface area contributed by atoms with Gasteiger partial charge in [-0.3, -0.25) is 9.59 Å². The zero-order chi connectivity index (χ0) is 14.8. The summed E-state index contributed by atoms with van der Waals surface area (Å²) < 4.78 is 0. The topological polar surface area (TPSA) is 34.1 Å². The molecule has 0 aliphatic heterocycles. The third kappa shape index (κ3) is 2.70. The molecule has 21 heavy (non-hydrogen) atoms. The first-order valence-electron chi connectivity index (χ1n) is 7.02. The molecule has 3 aliphatic rings. The Bertz CT molecular complexity index is 732. The highest BCUT2D eigenvalue weighted by Gasteiger charge is 2.20. The van der Waals surface area contributed by atoms with E-state index in [1.807, 2.05) is 43.4 Å². The van der Waals surface area contributed by atoms with Crippen molar-refractivity contribution in [1.82, 2.24) is 0 Å². The molecule has 0 atom stereocenters. The van der Waals surface area contributed by atoms with Crippen LogP contribution < -0.4 is 0 Å². The summed E-state index contributed by atoms with van der Waals surface area (Å²) in [5.74, 6) is 0. The van der Waals surface area contributed by atoms with E-state index in [9.17, 15) is 9.59 Å². The molecule has 0 saturated carbocycles. The van der Waals surface area contributed by atoms with E-state index in [2.05, 4.69) is 6.08 Å². The van der Waals surface area contributed by atoms with Crippen molar-refractivity contribution in [3.05, 3.63) is 81.5 Å². The third-order valence-corrected chi connectivity index (χ3v) is 3.91. The maximum atomic E-state index is 11.2. The van der Waals surface area contributed by atoms with Crippen LogP contribution in [-0.2, 0) is 9.59 Å². The van der Waals surface area contributed by atoms with Gasteiger partial charge in [0.1, 0.15) is 12.6 Å². The lowest BCUT2D eigenvalue weighted by atomic mass is 9.80. The minimum Gasteiger partial charge on any atom is -0.298 e. The molecule has 2 bridgehead atoms. The molecule has 0 spiro atoms. The molecule has 0 aromatic rings. The highest BCUT2D eigenvalue weighted by molar-refractivity contribution is 5.81. The molecule has 0 N–H and O–H groups in total. The number of aldehydes is 2. The van der Waals surface area contributed by atoms with Crippen molar-refractivity contribution < 1.29 is 9.59 Å². The van der Waals surface area contributed by atoms with Crippen LogP contribution in [0.1, 0.15) is 19.8 Å². The Morgan fingerprint density at radius 1 is 0.952 bits per heavy atom. The lowest BCUT2D eigenvalue weighted by Crippen LogP contribution is -2.07. The first-order valence-corrected chi connectivity index (χ1v) is 7.02. The Morgan fingerprint density at radius 3 is 2.57 bits per heavy atom. The fourth-order valence-electron chi connectivity index (χ4n) is 2.88. The fraction of sp³-hybridized carbons (Fsp3) is 0.158. The summed E-state index contributed by atoms with van der Waals surface area (Å²) in [5, 5.41) is 0. The zero-order valence-electron chi connectivity index (χ0n) is 11.9. The average molecular weight is 276 g/mol. The molecule has 0 saturated heterocycles. The lowest BCUT2D eigenvalue weighted by Gasteiger charge is -2.24. The Morgan fingerprint density at radius 2 is 1.81 bits per heavy atom. The van der Waals surface area contributed by atoms with Crippen LogP contribution in [0.5, 0.6) is 0 Å². The number of fused-ring (bicyclic) bond motifs is 1. The van der Waals surface area contributed by atoms with Crippen LogP contribution in [-0.4, -0.2) is 12.6 Å².